The van der Waals surface area contributed by atoms with E-state index in [9.17, 15) is 14.9 Å². The molecule has 1 N–H and O–H groups in total. The van der Waals surface area contributed by atoms with Gasteiger partial charge in [-0.3, -0.25) is 0 Å². The van der Waals surface area contributed by atoms with Crippen molar-refractivity contribution in [3.8, 4) is 28.7 Å². The predicted octanol–water partition coefficient (Wildman–Crippen LogP) is 5.94. The number of hydrogen-bond acceptors (Lipinski definition) is 7. The molecular weight excluding hydrogens is 452 g/mol. The van der Waals surface area contributed by atoms with Gasteiger partial charge in [0.25, 0.3) is 0 Å². The minimum atomic E-state index is -1.00. The third kappa shape index (κ3) is 4.03. The van der Waals surface area contributed by atoms with Crippen LogP contribution in [0, 0.1) is 11.3 Å². The van der Waals surface area contributed by atoms with Crippen molar-refractivity contribution in [2.24, 2.45) is 0 Å². The lowest BCUT2D eigenvalue weighted by Gasteiger charge is -1.99. The van der Waals surface area contributed by atoms with Crippen LogP contribution in [0.5, 0.6) is 0 Å². The SMILES string of the molecule is N#CC(=Cc1ccc(-c2ccc(C(=O)O)cc2)o1)c1nc(-c2cc3ccccc3oc2=O)cs1. The maximum Gasteiger partial charge on any atom is 0.345 e. The molecule has 0 unspecified atom stereocenters. The summed E-state index contributed by atoms with van der Waals surface area (Å²) in [6, 6.07) is 20.8. The third-order valence-electron chi connectivity index (χ3n) is 5.10. The molecule has 5 rings (SSSR count). The van der Waals surface area contributed by atoms with Gasteiger partial charge in [-0.1, -0.05) is 30.3 Å². The Labute approximate surface area is 196 Å². The smallest absolute Gasteiger partial charge is 0.345 e. The first-order chi connectivity index (χ1) is 16.5. The number of rotatable bonds is 5. The largest absolute Gasteiger partial charge is 0.478 e. The summed E-state index contributed by atoms with van der Waals surface area (Å²) in [4.78, 5) is 27.9. The summed E-state index contributed by atoms with van der Waals surface area (Å²) in [5.74, 6) is -0.0255. The highest BCUT2D eigenvalue weighted by Crippen LogP contribution is 2.29. The van der Waals surface area contributed by atoms with E-state index in [4.69, 9.17) is 13.9 Å². The molecule has 8 heteroatoms. The molecule has 2 aromatic carbocycles. The molecular formula is C26H14N2O5S. The van der Waals surface area contributed by atoms with Crippen molar-refractivity contribution in [1.82, 2.24) is 4.98 Å². The Morgan fingerprint density at radius 3 is 2.62 bits per heavy atom. The zero-order valence-electron chi connectivity index (χ0n) is 17.4. The van der Waals surface area contributed by atoms with E-state index in [1.54, 1.807) is 53.9 Å². The van der Waals surface area contributed by atoms with E-state index in [2.05, 4.69) is 11.1 Å². The number of fused-ring (bicyclic) bond motifs is 1. The van der Waals surface area contributed by atoms with Crippen LogP contribution in [0.4, 0.5) is 0 Å². The molecule has 0 fully saturated rings. The summed E-state index contributed by atoms with van der Waals surface area (Å²) < 4.78 is 11.2. The number of aromatic nitrogens is 1. The molecule has 3 aromatic heterocycles. The van der Waals surface area contributed by atoms with Gasteiger partial charge >= 0.3 is 11.6 Å². The van der Waals surface area contributed by atoms with E-state index in [1.165, 1.54) is 23.5 Å². The number of aromatic carboxylic acids is 1. The number of thiazole rings is 1. The lowest BCUT2D eigenvalue weighted by Crippen LogP contribution is -2.02. The third-order valence-corrected chi connectivity index (χ3v) is 5.98. The molecule has 34 heavy (non-hydrogen) atoms. The van der Waals surface area contributed by atoms with Gasteiger partial charge in [0.05, 0.1) is 22.4 Å². The van der Waals surface area contributed by atoms with Gasteiger partial charge < -0.3 is 13.9 Å². The van der Waals surface area contributed by atoms with Gasteiger partial charge in [-0.25, -0.2) is 14.6 Å². The summed E-state index contributed by atoms with van der Waals surface area (Å²) in [5.41, 5.74) is 1.93. The standard InChI is InChI=1S/C26H14N2O5S/c27-13-18(11-19-9-10-23(32-19)15-5-7-16(8-6-15)25(29)30)24-28-21(14-34-24)20-12-17-3-1-2-4-22(17)33-26(20)31/h1-12,14H,(H,29,30). The van der Waals surface area contributed by atoms with Crippen molar-refractivity contribution in [2.45, 2.75) is 0 Å². The van der Waals surface area contributed by atoms with Crippen LogP contribution >= 0.6 is 11.3 Å². The fourth-order valence-electron chi connectivity index (χ4n) is 3.41. The Hall–Kier alpha value is -4.74. The molecule has 0 spiro atoms. The van der Waals surface area contributed by atoms with Crippen LogP contribution in [0.1, 0.15) is 21.1 Å². The van der Waals surface area contributed by atoms with Crippen LogP contribution in [-0.2, 0) is 0 Å². The Balaban J connectivity index is 1.44. The maximum atomic E-state index is 12.4. The minimum Gasteiger partial charge on any atom is -0.478 e. The highest BCUT2D eigenvalue weighted by Gasteiger charge is 2.15. The molecule has 0 atom stereocenters. The minimum absolute atomic E-state index is 0.183. The molecule has 0 aliphatic carbocycles. The first kappa shape index (κ1) is 21.1. The Morgan fingerprint density at radius 2 is 1.85 bits per heavy atom. The zero-order chi connectivity index (χ0) is 23.7. The van der Waals surface area contributed by atoms with E-state index in [0.717, 1.165) is 5.39 Å². The van der Waals surface area contributed by atoms with Crippen LogP contribution in [0.15, 0.2) is 85.7 Å². The van der Waals surface area contributed by atoms with Crippen LogP contribution < -0.4 is 5.63 Å². The van der Waals surface area contributed by atoms with Gasteiger partial charge in [0, 0.05) is 22.4 Å². The second-order valence-corrected chi connectivity index (χ2v) is 8.14. The van der Waals surface area contributed by atoms with Gasteiger partial charge in [0.1, 0.15) is 28.2 Å². The molecule has 0 aliphatic rings. The molecule has 7 nitrogen and oxygen atoms in total. The van der Waals surface area contributed by atoms with Gasteiger partial charge in [-0.05, 0) is 36.4 Å². The summed E-state index contributed by atoms with van der Waals surface area (Å²) >= 11 is 1.24. The van der Waals surface area contributed by atoms with E-state index in [-0.39, 0.29) is 11.1 Å². The van der Waals surface area contributed by atoms with Crippen LogP contribution in [0.2, 0.25) is 0 Å². The van der Waals surface area contributed by atoms with E-state index in [0.29, 0.717) is 38.9 Å². The lowest BCUT2D eigenvalue weighted by atomic mass is 10.1. The maximum absolute atomic E-state index is 12.4. The number of nitriles is 1. The molecule has 3 heterocycles. The number of carboxylic acid groups (broad SMARTS) is 1. The molecule has 0 aliphatic heterocycles. The van der Waals surface area contributed by atoms with Gasteiger partial charge in [-0.15, -0.1) is 11.3 Å². The Morgan fingerprint density at radius 1 is 1.06 bits per heavy atom. The summed E-state index contributed by atoms with van der Waals surface area (Å²) in [7, 11) is 0. The Kier molecular flexibility index (Phi) is 5.38. The summed E-state index contributed by atoms with van der Waals surface area (Å²) in [6.07, 6.45) is 1.57. The lowest BCUT2D eigenvalue weighted by molar-refractivity contribution is 0.0697. The fourth-order valence-corrected chi connectivity index (χ4v) is 4.19. The first-order valence-corrected chi connectivity index (χ1v) is 10.9. The molecule has 0 amide bonds. The number of furan rings is 1. The molecule has 0 saturated carbocycles. The topological polar surface area (TPSA) is 117 Å². The number of carbonyl (C=O) groups is 1. The molecule has 0 radical (unpaired) electrons. The van der Waals surface area contributed by atoms with Crippen molar-refractivity contribution in [3.05, 3.63) is 98.9 Å². The van der Waals surface area contributed by atoms with Crippen LogP contribution in [-0.4, -0.2) is 16.1 Å². The second-order valence-electron chi connectivity index (χ2n) is 7.28. The molecule has 164 valence electrons. The number of allylic oxidation sites excluding steroid dienone is 1. The Bertz CT molecular complexity index is 1670. The number of hydrogen-bond donors (Lipinski definition) is 1. The number of benzene rings is 2. The van der Waals surface area contributed by atoms with Gasteiger partial charge in [0.2, 0.25) is 0 Å². The van der Waals surface area contributed by atoms with Gasteiger partial charge in [-0.2, -0.15) is 5.26 Å². The van der Waals surface area contributed by atoms with E-state index in [1.807, 2.05) is 12.1 Å². The van der Waals surface area contributed by atoms with Crippen LogP contribution in [0.3, 0.4) is 0 Å². The number of nitrogens with zero attached hydrogens (tertiary/aromatic N) is 2. The number of carboxylic acids is 1. The average Bonchev–Trinajstić information content (AvgIpc) is 3.52. The second kappa shape index (κ2) is 8.65. The monoisotopic (exact) mass is 466 g/mol. The van der Waals surface area contributed by atoms with Crippen molar-refractivity contribution >= 4 is 39.9 Å². The van der Waals surface area contributed by atoms with Crippen LogP contribution in [0.25, 0.3) is 45.2 Å². The summed E-state index contributed by atoms with van der Waals surface area (Å²) in [5, 5.41) is 21.7. The van der Waals surface area contributed by atoms with Gasteiger partial charge in [0.15, 0.2) is 0 Å². The van der Waals surface area contributed by atoms with Crippen molar-refractivity contribution in [3.63, 3.8) is 0 Å². The normalized spacial score (nSPS) is 11.4. The average molecular weight is 466 g/mol. The highest BCUT2D eigenvalue weighted by molar-refractivity contribution is 7.11. The zero-order valence-corrected chi connectivity index (χ0v) is 18.2. The van der Waals surface area contributed by atoms with Crippen molar-refractivity contribution in [1.29, 1.82) is 5.26 Å². The van der Waals surface area contributed by atoms with Crippen molar-refractivity contribution in [2.75, 3.05) is 0 Å². The van der Waals surface area contributed by atoms with E-state index < -0.39 is 11.6 Å². The van der Waals surface area contributed by atoms with E-state index >= 15 is 0 Å². The quantitative estimate of drug-likeness (QED) is 0.252. The summed E-state index contributed by atoms with van der Waals surface area (Å²) in [6.45, 7) is 0. The first-order valence-electron chi connectivity index (χ1n) is 10.1. The predicted molar refractivity (Wildman–Crippen MR) is 128 cm³/mol. The van der Waals surface area contributed by atoms with Crippen molar-refractivity contribution < 1.29 is 18.7 Å². The number of para-hydroxylation sites is 1. The molecule has 0 saturated heterocycles. The molecule has 0 bridgehead atoms. The highest BCUT2D eigenvalue weighted by atomic mass is 32.1. The molecule has 5 aromatic rings. The fraction of sp³-hybridized carbons (Fsp3) is 0.